The van der Waals surface area contributed by atoms with Gasteiger partial charge >= 0.3 is 5.97 Å². The molecule has 3 aromatic rings. The van der Waals surface area contributed by atoms with Crippen molar-refractivity contribution in [2.75, 3.05) is 18.0 Å². The molecule has 37 heavy (non-hydrogen) atoms. The van der Waals surface area contributed by atoms with Crippen molar-refractivity contribution >= 4 is 46.6 Å². The Balaban J connectivity index is 1.44. The number of halogens is 2. The van der Waals surface area contributed by atoms with Crippen LogP contribution < -0.4 is 10.2 Å². The number of hydrogen-bond donors (Lipinski definition) is 2. The maximum Gasteiger partial charge on any atom is 0.326 e. The third-order valence-corrected chi connectivity index (χ3v) is 6.98. The van der Waals surface area contributed by atoms with Gasteiger partial charge in [-0.15, -0.1) is 0 Å². The number of nitrogens with zero attached hydrogens (tertiary/aromatic N) is 3. The Morgan fingerprint density at radius 3 is 2.57 bits per heavy atom. The number of carboxylic acids is 1. The van der Waals surface area contributed by atoms with E-state index in [9.17, 15) is 24.8 Å². The molecular weight excluding hydrogens is 519 g/mol. The Hall–Kier alpha value is -3.69. The number of benzene rings is 2. The first-order valence-corrected chi connectivity index (χ1v) is 12.4. The average molecular weight is 543 g/mol. The summed E-state index contributed by atoms with van der Waals surface area (Å²) in [6.45, 7) is 0.958. The van der Waals surface area contributed by atoms with Crippen LogP contribution in [-0.4, -0.2) is 46.0 Å². The van der Waals surface area contributed by atoms with Crippen molar-refractivity contribution in [3.05, 3.63) is 86.5 Å². The molecule has 0 radical (unpaired) electrons. The first-order chi connectivity index (χ1) is 17.7. The fraction of sp³-hybridized carbons (Fsp3) is 0.269. The zero-order valence-corrected chi connectivity index (χ0v) is 21.2. The van der Waals surface area contributed by atoms with Gasteiger partial charge in [0.15, 0.2) is 0 Å². The highest BCUT2D eigenvalue weighted by Gasteiger charge is 2.30. The van der Waals surface area contributed by atoms with Crippen LogP contribution in [0.25, 0.3) is 11.1 Å². The predicted molar refractivity (Wildman–Crippen MR) is 141 cm³/mol. The summed E-state index contributed by atoms with van der Waals surface area (Å²) >= 11 is 13.0. The number of carboxylic acid groups (broad SMARTS) is 1. The smallest absolute Gasteiger partial charge is 0.326 e. The largest absolute Gasteiger partial charge is 0.480 e. The van der Waals surface area contributed by atoms with Gasteiger partial charge in [0, 0.05) is 41.2 Å². The summed E-state index contributed by atoms with van der Waals surface area (Å²) in [5.41, 5.74) is 2.01. The van der Waals surface area contributed by atoms with Gasteiger partial charge in [0.05, 0.1) is 10.8 Å². The molecule has 0 aliphatic carbocycles. The predicted octanol–water partition coefficient (Wildman–Crippen LogP) is 4.99. The third kappa shape index (κ3) is 6.36. The van der Waals surface area contributed by atoms with Crippen LogP contribution >= 0.6 is 23.2 Å². The highest BCUT2D eigenvalue weighted by molar-refractivity contribution is 6.36. The second kappa shape index (κ2) is 11.6. The summed E-state index contributed by atoms with van der Waals surface area (Å²) in [4.78, 5) is 41.4. The van der Waals surface area contributed by atoms with E-state index in [4.69, 9.17) is 23.2 Å². The zero-order chi connectivity index (χ0) is 26.5. The monoisotopic (exact) mass is 542 g/mol. The Morgan fingerprint density at radius 1 is 1.16 bits per heavy atom. The van der Waals surface area contributed by atoms with E-state index in [1.54, 1.807) is 18.2 Å². The first-order valence-electron chi connectivity index (χ1n) is 11.6. The van der Waals surface area contributed by atoms with Crippen LogP contribution in [0.1, 0.15) is 18.4 Å². The first kappa shape index (κ1) is 26.4. The molecule has 1 saturated heterocycles. The third-order valence-electron chi connectivity index (χ3n) is 6.32. The number of rotatable bonds is 8. The highest BCUT2D eigenvalue weighted by atomic mass is 35.5. The number of nitrogens with one attached hydrogen (secondary N) is 1. The summed E-state index contributed by atoms with van der Waals surface area (Å²) in [5, 5.41) is 24.1. The Bertz CT molecular complexity index is 1300. The Morgan fingerprint density at radius 2 is 1.92 bits per heavy atom. The standard InChI is InChI=1S/C26H24Cl2N4O5/c27-21-13-20(16-5-2-1-3-6-16)22(28)11-18(21)12-23(26(34)35)30-25(33)17-7-4-10-31(15-17)24-9-8-19(14-29-24)32(36)37/h1-3,5-6,8-9,11,13-14,17,23H,4,7,10,12,15H2,(H,30,33)(H,34,35)/t17-,23+/m1/s1. The second-order valence-corrected chi connectivity index (χ2v) is 9.62. The van der Waals surface area contributed by atoms with Gasteiger partial charge in [-0.3, -0.25) is 14.9 Å². The lowest BCUT2D eigenvalue weighted by Crippen LogP contribution is -2.49. The van der Waals surface area contributed by atoms with E-state index in [0.29, 0.717) is 47.4 Å². The number of anilines is 1. The van der Waals surface area contributed by atoms with Crippen LogP contribution in [0.15, 0.2) is 60.8 Å². The highest BCUT2D eigenvalue weighted by Crippen LogP contribution is 2.33. The van der Waals surface area contributed by atoms with Crippen LogP contribution in [-0.2, 0) is 16.0 Å². The van der Waals surface area contributed by atoms with Crippen molar-refractivity contribution in [3.8, 4) is 11.1 Å². The number of carbonyl (C=O) groups excluding carboxylic acids is 1. The average Bonchev–Trinajstić information content (AvgIpc) is 2.90. The molecule has 0 saturated carbocycles. The van der Waals surface area contributed by atoms with Gasteiger partial charge in [0.1, 0.15) is 18.1 Å². The molecule has 2 N–H and O–H groups in total. The van der Waals surface area contributed by atoms with E-state index in [2.05, 4.69) is 10.3 Å². The molecule has 9 nitrogen and oxygen atoms in total. The van der Waals surface area contributed by atoms with Gasteiger partial charge in [-0.1, -0.05) is 53.5 Å². The lowest BCUT2D eigenvalue weighted by atomic mass is 9.95. The molecule has 1 fully saturated rings. The molecule has 2 heterocycles. The van der Waals surface area contributed by atoms with E-state index in [-0.39, 0.29) is 18.0 Å². The van der Waals surface area contributed by atoms with Crippen LogP contribution in [0, 0.1) is 16.0 Å². The van der Waals surface area contributed by atoms with Gasteiger partial charge in [-0.05, 0) is 42.2 Å². The fourth-order valence-electron chi connectivity index (χ4n) is 4.37. The minimum atomic E-state index is -1.20. The number of carbonyl (C=O) groups is 2. The minimum Gasteiger partial charge on any atom is -0.480 e. The molecule has 0 bridgehead atoms. The summed E-state index contributed by atoms with van der Waals surface area (Å²) in [6.07, 6.45) is 2.42. The molecule has 0 spiro atoms. The molecule has 1 amide bonds. The van der Waals surface area contributed by atoms with E-state index in [1.807, 2.05) is 35.2 Å². The van der Waals surface area contributed by atoms with Crippen molar-refractivity contribution in [1.29, 1.82) is 0 Å². The number of nitro groups is 1. The molecule has 2 aromatic carbocycles. The SMILES string of the molecule is O=C(N[C@@H](Cc1cc(Cl)c(-c2ccccc2)cc1Cl)C(=O)O)[C@@H]1CCCN(c2ccc([N+](=O)[O-])cn2)C1. The lowest BCUT2D eigenvalue weighted by Gasteiger charge is -2.33. The molecule has 1 aromatic heterocycles. The Labute approximate surface area is 223 Å². The van der Waals surface area contributed by atoms with Crippen molar-refractivity contribution in [1.82, 2.24) is 10.3 Å². The normalized spacial score (nSPS) is 16.2. The number of aromatic nitrogens is 1. The van der Waals surface area contributed by atoms with Crippen LogP contribution in [0.3, 0.4) is 0 Å². The number of piperidine rings is 1. The minimum absolute atomic E-state index is 0.0327. The van der Waals surface area contributed by atoms with Gasteiger partial charge in [-0.25, -0.2) is 9.78 Å². The number of pyridine rings is 1. The maximum absolute atomic E-state index is 13.0. The van der Waals surface area contributed by atoms with Crippen molar-refractivity contribution in [3.63, 3.8) is 0 Å². The van der Waals surface area contributed by atoms with Crippen LogP contribution in [0.5, 0.6) is 0 Å². The lowest BCUT2D eigenvalue weighted by molar-refractivity contribution is -0.385. The molecular formula is C26H24Cl2N4O5. The number of hydrogen-bond acceptors (Lipinski definition) is 6. The molecule has 1 aliphatic rings. The number of amides is 1. The van der Waals surface area contributed by atoms with Gasteiger partial charge < -0.3 is 15.3 Å². The van der Waals surface area contributed by atoms with E-state index < -0.39 is 22.9 Å². The molecule has 192 valence electrons. The summed E-state index contributed by atoms with van der Waals surface area (Å²) in [5.74, 6) is -1.51. The van der Waals surface area contributed by atoms with Crippen molar-refractivity contribution < 1.29 is 19.6 Å². The molecule has 11 heteroatoms. The number of aliphatic carboxylic acids is 1. The second-order valence-electron chi connectivity index (χ2n) is 8.81. The summed E-state index contributed by atoms with van der Waals surface area (Å²) < 4.78 is 0. The topological polar surface area (TPSA) is 126 Å². The zero-order valence-electron chi connectivity index (χ0n) is 19.6. The van der Waals surface area contributed by atoms with E-state index >= 15 is 0 Å². The fourth-order valence-corrected chi connectivity index (χ4v) is 4.90. The van der Waals surface area contributed by atoms with Crippen molar-refractivity contribution in [2.45, 2.75) is 25.3 Å². The maximum atomic E-state index is 13.0. The van der Waals surface area contributed by atoms with Crippen LogP contribution in [0.2, 0.25) is 10.0 Å². The van der Waals surface area contributed by atoms with Gasteiger partial charge in [-0.2, -0.15) is 0 Å². The molecule has 2 atom stereocenters. The summed E-state index contributed by atoms with van der Waals surface area (Å²) in [6, 6.07) is 14.5. The van der Waals surface area contributed by atoms with Crippen LogP contribution in [0.4, 0.5) is 11.5 Å². The quantitative estimate of drug-likeness (QED) is 0.303. The van der Waals surface area contributed by atoms with Gasteiger partial charge in [0.2, 0.25) is 5.91 Å². The Kier molecular flexibility index (Phi) is 8.25. The van der Waals surface area contributed by atoms with E-state index in [1.165, 1.54) is 12.3 Å². The summed E-state index contributed by atoms with van der Waals surface area (Å²) in [7, 11) is 0. The van der Waals surface area contributed by atoms with Gasteiger partial charge in [0.25, 0.3) is 5.69 Å². The molecule has 0 unspecified atom stereocenters. The molecule has 4 rings (SSSR count). The van der Waals surface area contributed by atoms with Crippen molar-refractivity contribution in [2.24, 2.45) is 5.92 Å². The van der Waals surface area contributed by atoms with E-state index in [0.717, 1.165) is 11.1 Å². The molecule has 1 aliphatic heterocycles.